The largest absolute Gasteiger partial charge is 0.355 e. The molecule has 6 N–H and O–H groups in total. The van der Waals surface area contributed by atoms with Crippen molar-refractivity contribution in [1.82, 2.24) is 21.3 Å². The smallest absolute Gasteiger partial charge is 0.237 e. The Morgan fingerprint density at radius 3 is 2.29 bits per heavy atom. The first-order valence-electron chi connectivity index (χ1n) is 8.47. The maximum absolute atomic E-state index is 11.7. The third-order valence-corrected chi connectivity index (χ3v) is 3.72. The molecule has 21 heavy (non-hydrogen) atoms. The van der Waals surface area contributed by atoms with E-state index in [2.05, 4.69) is 21.3 Å². The zero-order valence-electron chi connectivity index (χ0n) is 13.3. The minimum Gasteiger partial charge on any atom is -0.355 e. The monoisotopic (exact) mass is 299 g/mol. The zero-order valence-corrected chi connectivity index (χ0v) is 13.3. The van der Waals surface area contributed by atoms with Gasteiger partial charge in [-0.2, -0.15) is 0 Å². The van der Waals surface area contributed by atoms with Crippen LogP contribution in [0.5, 0.6) is 0 Å². The molecule has 0 radical (unpaired) electrons. The summed E-state index contributed by atoms with van der Waals surface area (Å²) in [5.41, 5.74) is 5.42. The van der Waals surface area contributed by atoms with Crippen LogP contribution in [-0.2, 0) is 4.79 Å². The number of carbonyl (C=O) groups excluding carboxylic acids is 1. The van der Waals surface area contributed by atoms with Crippen molar-refractivity contribution in [1.29, 1.82) is 0 Å². The van der Waals surface area contributed by atoms with Gasteiger partial charge in [0.2, 0.25) is 5.91 Å². The Labute approximate surface area is 129 Å². The van der Waals surface area contributed by atoms with Crippen LogP contribution in [0.3, 0.4) is 0 Å². The summed E-state index contributed by atoms with van der Waals surface area (Å²) in [4.78, 5) is 11.7. The second-order valence-corrected chi connectivity index (χ2v) is 5.64. The van der Waals surface area contributed by atoms with E-state index >= 15 is 0 Å². The molecule has 1 atom stereocenters. The molecule has 6 heteroatoms. The van der Waals surface area contributed by atoms with Gasteiger partial charge in [-0.1, -0.05) is 0 Å². The lowest BCUT2D eigenvalue weighted by molar-refractivity contribution is -0.122. The predicted octanol–water partition coefficient (Wildman–Crippen LogP) is -0.447. The Morgan fingerprint density at radius 1 is 1.00 bits per heavy atom. The molecule has 0 aromatic heterocycles. The average Bonchev–Trinajstić information content (AvgIpc) is 3.02. The van der Waals surface area contributed by atoms with Crippen LogP contribution in [0, 0.1) is 0 Å². The van der Waals surface area contributed by atoms with E-state index in [1.54, 1.807) is 0 Å². The summed E-state index contributed by atoms with van der Waals surface area (Å²) in [6, 6.07) is 0.0460. The number of hydrogen-bond donors (Lipinski definition) is 5. The Balaban J connectivity index is 1.75. The first kappa shape index (κ1) is 18.4. The van der Waals surface area contributed by atoms with Crippen LogP contribution in [0.1, 0.15) is 38.5 Å². The maximum atomic E-state index is 11.7. The second-order valence-electron chi connectivity index (χ2n) is 5.64. The molecule has 1 heterocycles. The number of unbranched alkanes of at least 4 members (excludes halogenated alkanes) is 1. The van der Waals surface area contributed by atoms with Crippen molar-refractivity contribution in [2.75, 3.05) is 45.8 Å². The van der Waals surface area contributed by atoms with Gasteiger partial charge in [0.1, 0.15) is 0 Å². The fourth-order valence-corrected chi connectivity index (χ4v) is 2.43. The normalized spacial score (nSPS) is 18.0. The molecule has 0 bridgehead atoms. The maximum Gasteiger partial charge on any atom is 0.237 e. The number of rotatable bonds is 13. The fraction of sp³-hybridized carbons (Fsp3) is 0.933. The first-order valence-corrected chi connectivity index (χ1v) is 8.47. The Morgan fingerprint density at radius 2 is 1.67 bits per heavy atom. The summed E-state index contributed by atoms with van der Waals surface area (Å²) >= 11 is 0. The van der Waals surface area contributed by atoms with Crippen LogP contribution >= 0.6 is 0 Å². The molecule has 6 nitrogen and oxygen atoms in total. The lowest BCUT2D eigenvalue weighted by atomic mass is 10.2. The lowest BCUT2D eigenvalue weighted by Gasteiger charge is -2.11. The van der Waals surface area contributed by atoms with Crippen LogP contribution in [0.2, 0.25) is 0 Å². The molecule has 0 unspecified atom stereocenters. The number of hydrogen-bond acceptors (Lipinski definition) is 5. The van der Waals surface area contributed by atoms with E-state index in [0.717, 1.165) is 71.5 Å². The number of nitrogens with two attached hydrogens (primary N) is 1. The van der Waals surface area contributed by atoms with Crippen LogP contribution < -0.4 is 27.0 Å². The molecule has 1 rings (SSSR count). The van der Waals surface area contributed by atoms with E-state index in [9.17, 15) is 4.79 Å². The van der Waals surface area contributed by atoms with E-state index in [1.807, 2.05) is 0 Å². The van der Waals surface area contributed by atoms with E-state index in [0.29, 0.717) is 0 Å². The highest BCUT2D eigenvalue weighted by Gasteiger charge is 2.20. The minimum absolute atomic E-state index is 0.0460. The molecule has 1 amide bonds. The summed E-state index contributed by atoms with van der Waals surface area (Å²) in [6.45, 7) is 6.63. The van der Waals surface area contributed by atoms with Gasteiger partial charge < -0.3 is 27.0 Å². The fourth-order valence-electron chi connectivity index (χ4n) is 2.43. The predicted molar refractivity (Wildman–Crippen MR) is 87.3 cm³/mol. The van der Waals surface area contributed by atoms with Gasteiger partial charge in [0.25, 0.3) is 0 Å². The van der Waals surface area contributed by atoms with Gasteiger partial charge >= 0.3 is 0 Å². The third kappa shape index (κ3) is 9.79. The van der Waals surface area contributed by atoms with E-state index in [4.69, 9.17) is 5.73 Å². The molecular weight excluding hydrogens is 266 g/mol. The highest BCUT2D eigenvalue weighted by molar-refractivity contribution is 5.81. The van der Waals surface area contributed by atoms with Crippen LogP contribution in [0.25, 0.3) is 0 Å². The van der Waals surface area contributed by atoms with Crippen LogP contribution in [-0.4, -0.2) is 57.8 Å². The van der Waals surface area contributed by atoms with Gasteiger partial charge in [-0.25, -0.2) is 0 Å². The standard InChI is InChI=1S/C15H33N5O/c16-7-4-10-17-8-1-2-9-18-11-5-13-20-15(21)14-6-3-12-19-14/h14,17-19H,1-13,16H2,(H,20,21)/t14-/m0/s1. The Kier molecular flexibility index (Phi) is 11.4. The summed E-state index contributed by atoms with van der Waals surface area (Å²) in [7, 11) is 0. The SMILES string of the molecule is NCCCNCCCCNCCCNC(=O)[C@@H]1CCCN1. The molecule has 1 aliphatic heterocycles. The molecule has 1 saturated heterocycles. The van der Waals surface area contributed by atoms with Gasteiger partial charge in [-0.15, -0.1) is 0 Å². The zero-order chi connectivity index (χ0) is 15.2. The molecule has 0 aromatic carbocycles. The van der Waals surface area contributed by atoms with E-state index in [1.165, 1.54) is 12.8 Å². The van der Waals surface area contributed by atoms with Crippen molar-refractivity contribution >= 4 is 5.91 Å². The van der Waals surface area contributed by atoms with Gasteiger partial charge in [0, 0.05) is 6.54 Å². The van der Waals surface area contributed by atoms with Crippen molar-refractivity contribution in [3.63, 3.8) is 0 Å². The molecule has 1 aliphatic rings. The van der Waals surface area contributed by atoms with Gasteiger partial charge in [-0.3, -0.25) is 4.79 Å². The Hall–Kier alpha value is -0.690. The van der Waals surface area contributed by atoms with Gasteiger partial charge in [-0.05, 0) is 77.8 Å². The second kappa shape index (κ2) is 13.0. The summed E-state index contributed by atoms with van der Waals surface area (Å²) in [5.74, 6) is 0.163. The minimum atomic E-state index is 0.0460. The Bertz CT molecular complexity index is 256. The van der Waals surface area contributed by atoms with Crippen LogP contribution in [0.15, 0.2) is 0 Å². The molecule has 0 spiro atoms. The highest BCUT2D eigenvalue weighted by atomic mass is 16.2. The van der Waals surface area contributed by atoms with Gasteiger partial charge in [0.15, 0.2) is 0 Å². The molecule has 124 valence electrons. The highest BCUT2D eigenvalue weighted by Crippen LogP contribution is 2.04. The average molecular weight is 299 g/mol. The van der Waals surface area contributed by atoms with Crippen molar-refractivity contribution in [3.8, 4) is 0 Å². The molecule has 1 fully saturated rings. The quantitative estimate of drug-likeness (QED) is 0.297. The third-order valence-electron chi connectivity index (χ3n) is 3.72. The molecule has 0 aliphatic carbocycles. The molecular formula is C15H33N5O. The molecule has 0 saturated carbocycles. The lowest BCUT2D eigenvalue weighted by Crippen LogP contribution is -2.41. The van der Waals surface area contributed by atoms with E-state index < -0.39 is 0 Å². The van der Waals surface area contributed by atoms with Crippen LogP contribution in [0.4, 0.5) is 0 Å². The van der Waals surface area contributed by atoms with Gasteiger partial charge in [0.05, 0.1) is 6.04 Å². The van der Waals surface area contributed by atoms with Crippen molar-refractivity contribution in [3.05, 3.63) is 0 Å². The summed E-state index contributed by atoms with van der Waals surface area (Å²) < 4.78 is 0. The van der Waals surface area contributed by atoms with E-state index in [-0.39, 0.29) is 11.9 Å². The summed E-state index contributed by atoms with van der Waals surface area (Å²) in [5, 5.41) is 13.0. The van der Waals surface area contributed by atoms with Crippen molar-refractivity contribution in [2.45, 2.75) is 44.6 Å². The summed E-state index contributed by atoms with van der Waals surface area (Å²) in [6.07, 6.45) is 6.52. The first-order chi connectivity index (χ1) is 10.3. The molecule has 0 aromatic rings. The number of carbonyl (C=O) groups is 1. The van der Waals surface area contributed by atoms with Crippen molar-refractivity contribution < 1.29 is 4.79 Å². The topological polar surface area (TPSA) is 91.2 Å². The number of nitrogens with one attached hydrogen (secondary N) is 4. The number of amides is 1. The van der Waals surface area contributed by atoms with Crippen molar-refractivity contribution in [2.24, 2.45) is 5.73 Å².